The predicted molar refractivity (Wildman–Crippen MR) is 79.1 cm³/mol. The van der Waals surface area contributed by atoms with Gasteiger partial charge in [0.15, 0.2) is 0 Å². The molecule has 20 heavy (non-hydrogen) atoms. The second-order valence-corrected chi connectivity index (χ2v) is 5.82. The average Bonchev–Trinajstić information content (AvgIpc) is 2.34. The van der Waals surface area contributed by atoms with Gasteiger partial charge in [-0.2, -0.15) is 0 Å². The Bertz CT molecular complexity index is 506. The first-order valence-corrected chi connectivity index (χ1v) is 6.90. The van der Waals surface area contributed by atoms with E-state index in [9.17, 15) is 14.7 Å². The van der Waals surface area contributed by atoms with E-state index in [2.05, 4.69) is 4.90 Å². The van der Waals surface area contributed by atoms with Crippen LogP contribution in [-0.4, -0.2) is 41.2 Å². The molecule has 5 heteroatoms. The highest BCUT2D eigenvalue weighted by atomic mass is 16.4. The minimum atomic E-state index is -0.953. The van der Waals surface area contributed by atoms with Crippen molar-refractivity contribution >= 4 is 5.97 Å². The summed E-state index contributed by atoms with van der Waals surface area (Å²) in [6, 6.07) is 2.44. The second kappa shape index (κ2) is 7.24. The van der Waals surface area contributed by atoms with Gasteiger partial charge >= 0.3 is 5.97 Å². The lowest BCUT2D eigenvalue weighted by Crippen LogP contribution is -2.30. The summed E-state index contributed by atoms with van der Waals surface area (Å²) in [5.41, 5.74) is 0.722. The Kier molecular flexibility index (Phi) is 5.95. The lowest BCUT2D eigenvalue weighted by molar-refractivity contribution is -0.141. The Labute approximate surface area is 119 Å². The molecule has 0 saturated carbocycles. The summed E-state index contributed by atoms with van der Waals surface area (Å²) in [4.78, 5) is 25.4. The number of carboxylic acids is 1. The van der Waals surface area contributed by atoms with Crippen molar-refractivity contribution in [3.05, 3.63) is 34.2 Å². The van der Waals surface area contributed by atoms with E-state index in [1.54, 1.807) is 12.3 Å². The number of aromatic nitrogens is 1. The Morgan fingerprint density at radius 3 is 2.50 bits per heavy atom. The van der Waals surface area contributed by atoms with Crippen molar-refractivity contribution in [1.82, 2.24) is 9.47 Å². The van der Waals surface area contributed by atoms with Gasteiger partial charge in [-0.1, -0.05) is 19.9 Å². The van der Waals surface area contributed by atoms with E-state index in [4.69, 9.17) is 0 Å². The van der Waals surface area contributed by atoms with Gasteiger partial charge in [-0.15, -0.1) is 0 Å². The van der Waals surface area contributed by atoms with Crippen LogP contribution in [0.3, 0.4) is 0 Å². The van der Waals surface area contributed by atoms with E-state index in [1.807, 2.05) is 27.9 Å². The molecule has 1 heterocycles. The van der Waals surface area contributed by atoms with E-state index in [-0.39, 0.29) is 11.5 Å². The molecule has 0 fully saturated rings. The lowest BCUT2D eigenvalue weighted by Gasteiger charge is -2.19. The fourth-order valence-electron chi connectivity index (χ4n) is 2.07. The van der Waals surface area contributed by atoms with Crippen LogP contribution < -0.4 is 5.56 Å². The van der Waals surface area contributed by atoms with Crippen molar-refractivity contribution in [2.45, 2.75) is 32.7 Å². The lowest BCUT2D eigenvalue weighted by atomic mass is 10.0. The second-order valence-electron chi connectivity index (χ2n) is 5.82. The van der Waals surface area contributed by atoms with Crippen molar-refractivity contribution in [3.8, 4) is 0 Å². The third-order valence-electron chi connectivity index (χ3n) is 3.16. The molecular weight excluding hydrogens is 256 g/mol. The van der Waals surface area contributed by atoms with Gasteiger partial charge in [-0.3, -0.25) is 4.79 Å². The summed E-state index contributed by atoms with van der Waals surface area (Å²) in [6.45, 7) is 4.77. The normalized spacial score (nSPS) is 12.9. The van der Waals surface area contributed by atoms with Gasteiger partial charge in [0, 0.05) is 18.8 Å². The van der Waals surface area contributed by atoms with Crippen molar-refractivity contribution in [3.63, 3.8) is 0 Å². The number of carboxylic acid groups (broad SMARTS) is 1. The SMILES string of the molecule is CC(C)CC(C(=O)O)n1cc(CCN(C)C)ccc1=O. The molecule has 1 N–H and O–H groups in total. The molecule has 1 aromatic heterocycles. The number of rotatable bonds is 7. The number of pyridine rings is 1. The smallest absolute Gasteiger partial charge is 0.326 e. The Morgan fingerprint density at radius 1 is 1.35 bits per heavy atom. The maximum Gasteiger partial charge on any atom is 0.326 e. The number of hydrogen-bond acceptors (Lipinski definition) is 3. The van der Waals surface area contributed by atoms with Crippen LogP contribution in [-0.2, 0) is 11.2 Å². The highest BCUT2D eigenvalue weighted by Crippen LogP contribution is 2.17. The van der Waals surface area contributed by atoms with E-state index < -0.39 is 12.0 Å². The predicted octanol–water partition coefficient (Wildman–Crippen LogP) is 1.62. The van der Waals surface area contributed by atoms with Crippen LogP contribution in [0.5, 0.6) is 0 Å². The summed E-state index contributed by atoms with van der Waals surface area (Å²) < 4.78 is 1.35. The first-order valence-electron chi connectivity index (χ1n) is 6.90. The summed E-state index contributed by atoms with van der Waals surface area (Å²) in [5, 5.41) is 9.34. The van der Waals surface area contributed by atoms with Crippen LogP contribution in [0.4, 0.5) is 0 Å². The molecular formula is C15H24N2O3. The van der Waals surface area contributed by atoms with Gasteiger partial charge in [0.05, 0.1) is 0 Å². The Morgan fingerprint density at radius 2 is 2.00 bits per heavy atom. The largest absolute Gasteiger partial charge is 0.480 e. The number of nitrogens with zero attached hydrogens (tertiary/aromatic N) is 2. The number of aliphatic carboxylic acids is 1. The Hall–Kier alpha value is -1.62. The van der Waals surface area contributed by atoms with Crippen LogP contribution in [0, 0.1) is 5.92 Å². The van der Waals surface area contributed by atoms with Crippen LogP contribution >= 0.6 is 0 Å². The first-order chi connectivity index (χ1) is 9.31. The summed E-state index contributed by atoms with van der Waals surface area (Å²) in [7, 11) is 3.96. The van der Waals surface area contributed by atoms with Gasteiger partial charge in [-0.05, 0) is 38.4 Å². The summed E-state index contributed by atoms with van der Waals surface area (Å²) >= 11 is 0. The molecule has 0 aromatic carbocycles. The molecule has 112 valence electrons. The quantitative estimate of drug-likeness (QED) is 0.824. The standard InChI is InChI=1S/C15H24N2O3/c1-11(2)9-13(15(19)20)17-10-12(5-6-14(17)18)7-8-16(3)4/h5-6,10-11,13H,7-9H2,1-4H3,(H,19,20). The van der Waals surface area contributed by atoms with E-state index in [0.717, 1.165) is 18.5 Å². The molecule has 1 unspecified atom stereocenters. The van der Waals surface area contributed by atoms with Gasteiger partial charge in [0.2, 0.25) is 0 Å². The average molecular weight is 280 g/mol. The highest BCUT2D eigenvalue weighted by Gasteiger charge is 2.21. The molecule has 0 aliphatic carbocycles. The monoisotopic (exact) mass is 280 g/mol. The fourth-order valence-corrected chi connectivity index (χ4v) is 2.07. The molecule has 0 aliphatic heterocycles. The molecule has 1 aromatic rings. The molecule has 0 aliphatic rings. The maximum absolute atomic E-state index is 11.9. The third-order valence-corrected chi connectivity index (χ3v) is 3.16. The molecule has 1 rings (SSSR count). The fraction of sp³-hybridized carbons (Fsp3) is 0.600. The van der Waals surface area contributed by atoms with Gasteiger partial charge in [0.25, 0.3) is 5.56 Å². The molecule has 1 atom stereocenters. The topological polar surface area (TPSA) is 62.5 Å². The van der Waals surface area contributed by atoms with Crippen molar-refractivity contribution in [2.24, 2.45) is 5.92 Å². The van der Waals surface area contributed by atoms with Crippen molar-refractivity contribution in [1.29, 1.82) is 0 Å². The molecule has 5 nitrogen and oxygen atoms in total. The third kappa shape index (κ3) is 4.81. The van der Waals surface area contributed by atoms with E-state index in [0.29, 0.717) is 6.42 Å². The summed E-state index contributed by atoms with van der Waals surface area (Å²) in [5.74, 6) is -0.737. The van der Waals surface area contributed by atoms with Crippen LogP contribution in [0.25, 0.3) is 0 Å². The molecule has 0 radical (unpaired) electrons. The van der Waals surface area contributed by atoms with E-state index >= 15 is 0 Å². The van der Waals surface area contributed by atoms with Gasteiger partial charge < -0.3 is 14.6 Å². The zero-order chi connectivity index (χ0) is 15.3. The highest BCUT2D eigenvalue weighted by molar-refractivity contribution is 5.71. The molecule has 0 spiro atoms. The van der Waals surface area contributed by atoms with Gasteiger partial charge in [-0.25, -0.2) is 4.79 Å². The molecule has 0 bridgehead atoms. The van der Waals surface area contributed by atoms with Crippen LogP contribution in [0.15, 0.2) is 23.1 Å². The molecule has 0 saturated heterocycles. The van der Waals surface area contributed by atoms with Gasteiger partial charge in [0.1, 0.15) is 6.04 Å². The van der Waals surface area contributed by atoms with Crippen molar-refractivity contribution < 1.29 is 9.90 Å². The Balaban J connectivity index is 3.04. The molecule has 0 amide bonds. The zero-order valence-electron chi connectivity index (χ0n) is 12.7. The van der Waals surface area contributed by atoms with Crippen molar-refractivity contribution in [2.75, 3.05) is 20.6 Å². The minimum Gasteiger partial charge on any atom is -0.480 e. The number of carbonyl (C=O) groups is 1. The number of hydrogen-bond donors (Lipinski definition) is 1. The number of likely N-dealkylation sites (N-methyl/N-ethyl adjacent to an activating group) is 1. The van der Waals surface area contributed by atoms with Crippen LogP contribution in [0.2, 0.25) is 0 Å². The summed E-state index contributed by atoms with van der Waals surface area (Å²) in [6.07, 6.45) is 2.93. The first kappa shape index (κ1) is 16.4. The maximum atomic E-state index is 11.9. The van der Waals surface area contributed by atoms with Crippen LogP contribution in [0.1, 0.15) is 31.9 Å². The van der Waals surface area contributed by atoms with E-state index in [1.165, 1.54) is 10.6 Å². The minimum absolute atomic E-state index is 0.216. The zero-order valence-corrected chi connectivity index (χ0v) is 12.7.